The molecule has 26 heavy (non-hydrogen) atoms. The van der Waals surface area contributed by atoms with Crippen molar-refractivity contribution in [3.63, 3.8) is 0 Å². The lowest BCUT2D eigenvalue weighted by Gasteiger charge is -2.08. The molecule has 2 aromatic rings. The van der Waals surface area contributed by atoms with Crippen LogP contribution in [0.3, 0.4) is 0 Å². The Balaban J connectivity index is 1.85. The number of anilines is 1. The highest BCUT2D eigenvalue weighted by atomic mass is 35.5. The summed E-state index contributed by atoms with van der Waals surface area (Å²) in [4.78, 5) is 23.5. The van der Waals surface area contributed by atoms with Gasteiger partial charge in [-0.1, -0.05) is 46.9 Å². The molecule has 0 bridgehead atoms. The molecule has 0 fully saturated rings. The van der Waals surface area contributed by atoms with E-state index in [1.165, 1.54) is 18.2 Å². The highest BCUT2D eigenvalue weighted by Gasteiger charge is 2.10. The molecule has 0 aliphatic heterocycles. The fourth-order valence-corrected chi connectivity index (χ4v) is 2.46. The number of benzene rings is 2. The van der Waals surface area contributed by atoms with Crippen LogP contribution in [0.5, 0.6) is 5.75 Å². The van der Waals surface area contributed by atoms with Crippen molar-refractivity contribution in [2.45, 2.75) is 0 Å². The summed E-state index contributed by atoms with van der Waals surface area (Å²) in [5, 5.41) is 3.22. The van der Waals surface area contributed by atoms with Crippen LogP contribution in [0.25, 0.3) is 6.08 Å². The van der Waals surface area contributed by atoms with Crippen molar-refractivity contribution in [1.29, 1.82) is 0 Å². The second-order valence-corrected chi connectivity index (χ2v) is 6.23. The number of rotatable bonds is 6. The number of hydrogen-bond donors (Lipinski definition) is 1. The normalized spacial score (nSPS) is 10.6. The van der Waals surface area contributed by atoms with Crippen LogP contribution in [-0.2, 0) is 14.3 Å². The summed E-state index contributed by atoms with van der Waals surface area (Å²) in [5.41, 5.74) is 1.06. The molecule has 0 saturated heterocycles. The zero-order chi connectivity index (χ0) is 19.1. The summed E-state index contributed by atoms with van der Waals surface area (Å²) in [7, 11) is 1.57. The molecule has 0 heterocycles. The van der Waals surface area contributed by atoms with Crippen molar-refractivity contribution < 1.29 is 19.1 Å². The number of esters is 1. The molecule has 0 spiro atoms. The maximum atomic E-state index is 11.8. The van der Waals surface area contributed by atoms with E-state index in [2.05, 4.69) is 5.32 Å². The SMILES string of the molecule is COc1ccc(/C=C/C(=O)OCC(=O)Nc2cc(Cl)c(Cl)cc2Cl)cc1. The van der Waals surface area contributed by atoms with E-state index in [4.69, 9.17) is 44.3 Å². The van der Waals surface area contributed by atoms with Crippen molar-refractivity contribution in [1.82, 2.24) is 0 Å². The largest absolute Gasteiger partial charge is 0.497 e. The number of halogens is 3. The van der Waals surface area contributed by atoms with Gasteiger partial charge in [-0.2, -0.15) is 0 Å². The fourth-order valence-electron chi connectivity index (χ4n) is 1.87. The minimum Gasteiger partial charge on any atom is -0.497 e. The topological polar surface area (TPSA) is 64.6 Å². The Morgan fingerprint density at radius 3 is 2.35 bits per heavy atom. The second kappa shape index (κ2) is 9.48. The Kier molecular flexibility index (Phi) is 7.33. The zero-order valence-corrected chi connectivity index (χ0v) is 15.9. The van der Waals surface area contributed by atoms with Crippen molar-refractivity contribution in [3.05, 3.63) is 63.1 Å². The number of carbonyl (C=O) groups excluding carboxylic acids is 2. The Labute approximate surface area is 165 Å². The molecule has 0 atom stereocenters. The Morgan fingerprint density at radius 2 is 1.69 bits per heavy atom. The summed E-state index contributed by atoms with van der Waals surface area (Å²) in [6.45, 7) is -0.470. The van der Waals surface area contributed by atoms with E-state index in [0.717, 1.165) is 5.56 Å². The van der Waals surface area contributed by atoms with Gasteiger partial charge >= 0.3 is 5.97 Å². The van der Waals surface area contributed by atoms with Gasteiger partial charge in [-0.15, -0.1) is 0 Å². The lowest BCUT2D eigenvalue weighted by atomic mass is 10.2. The lowest BCUT2D eigenvalue weighted by Crippen LogP contribution is -2.20. The van der Waals surface area contributed by atoms with Gasteiger partial charge in [-0.3, -0.25) is 4.79 Å². The summed E-state index contributed by atoms with van der Waals surface area (Å²) in [6, 6.07) is 9.91. The van der Waals surface area contributed by atoms with E-state index in [1.807, 2.05) is 0 Å². The molecule has 0 aliphatic carbocycles. The predicted molar refractivity (Wildman–Crippen MR) is 103 cm³/mol. The van der Waals surface area contributed by atoms with Gasteiger partial charge in [0.25, 0.3) is 5.91 Å². The molecule has 1 amide bonds. The monoisotopic (exact) mass is 413 g/mol. The number of nitrogens with one attached hydrogen (secondary N) is 1. The Hall–Kier alpha value is -2.21. The van der Waals surface area contributed by atoms with E-state index in [0.29, 0.717) is 5.75 Å². The summed E-state index contributed by atoms with van der Waals surface area (Å²) < 4.78 is 9.92. The van der Waals surface area contributed by atoms with Crippen LogP contribution in [0, 0.1) is 0 Å². The highest BCUT2D eigenvalue weighted by molar-refractivity contribution is 6.44. The first kappa shape index (κ1) is 20.1. The van der Waals surface area contributed by atoms with Crippen LogP contribution >= 0.6 is 34.8 Å². The third-order valence-electron chi connectivity index (χ3n) is 3.16. The molecule has 0 saturated carbocycles. The lowest BCUT2D eigenvalue weighted by molar-refractivity contribution is -0.142. The number of hydrogen-bond acceptors (Lipinski definition) is 4. The molecule has 2 rings (SSSR count). The molecule has 1 N–H and O–H groups in total. The molecule has 0 aromatic heterocycles. The zero-order valence-electron chi connectivity index (χ0n) is 13.6. The summed E-state index contributed by atoms with van der Waals surface area (Å²) in [5.74, 6) is -0.505. The number of ether oxygens (including phenoxy) is 2. The molecule has 2 aromatic carbocycles. The van der Waals surface area contributed by atoms with Gasteiger partial charge in [0, 0.05) is 6.08 Å². The fraction of sp³-hybridized carbons (Fsp3) is 0.111. The standard InChI is InChI=1S/C18H14Cl3NO4/c1-25-12-5-2-11(3-6-12)4-7-18(24)26-10-17(23)22-16-9-14(20)13(19)8-15(16)21/h2-9H,10H2,1H3,(H,22,23)/b7-4+. The van der Waals surface area contributed by atoms with Crippen molar-refractivity contribution in [3.8, 4) is 5.75 Å². The van der Waals surface area contributed by atoms with Gasteiger partial charge in [-0.05, 0) is 35.9 Å². The van der Waals surface area contributed by atoms with E-state index < -0.39 is 18.5 Å². The molecule has 8 heteroatoms. The Morgan fingerprint density at radius 1 is 1.04 bits per heavy atom. The predicted octanol–water partition coefficient (Wildman–Crippen LogP) is 4.85. The third-order valence-corrected chi connectivity index (χ3v) is 4.19. The van der Waals surface area contributed by atoms with Crippen LogP contribution in [0.4, 0.5) is 5.69 Å². The third kappa shape index (κ3) is 5.95. The molecule has 0 aliphatic rings. The summed E-state index contributed by atoms with van der Waals surface area (Å²) in [6.07, 6.45) is 2.79. The molecule has 136 valence electrons. The minimum atomic E-state index is -0.656. The number of carbonyl (C=O) groups is 2. The van der Waals surface area contributed by atoms with E-state index >= 15 is 0 Å². The number of methoxy groups -OCH3 is 1. The van der Waals surface area contributed by atoms with Gasteiger partial charge in [0.1, 0.15) is 5.75 Å². The molecule has 0 unspecified atom stereocenters. The summed E-state index contributed by atoms with van der Waals surface area (Å²) >= 11 is 17.6. The van der Waals surface area contributed by atoms with Crippen molar-refractivity contribution in [2.75, 3.05) is 19.0 Å². The Bertz CT molecular complexity index is 835. The maximum Gasteiger partial charge on any atom is 0.331 e. The number of amides is 1. The first-order valence-electron chi connectivity index (χ1n) is 7.32. The molecular weight excluding hydrogens is 401 g/mol. The average Bonchev–Trinajstić information content (AvgIpc) is 2.63. The quantitative estimate of drug-likeness (QED) is 0.417. The maximum absolute atomic E-state index is 11.8. The van der Waals surface area contributed by atoms with Crippen LogP contribution in [-0.4, -0.2) is 25.6 Å². The van der Waals surface area contributed by atoms with Gasteiger partial charge in [0.05, 0.1) is 27.9 Å². The van der Waals surface area contributed by atoms with E-state index in [9.17, 15) is 9.59 Å². The van der Waals surface area contributed by atoms with Crippen LogP contribution in [0.1, 0.15) is 5.56 Å². The van der Waals surface area contributed by atoms with Crippen molar-refractivity contribution >= 4 is 58.4 Å². The van der Waals surface area contributed by atoms with Gasteiger partial charge in [0.2, 0.25) is 0 Å². The van der Waals surface area contributed by atoms with Crippen LogP contribution < -0.4 is 10.1 Å². The first-order valence-corrected chi connectivity index (χ1v) is 8.45. The average molecular weight is 415 g/mol. The smallest absolute Gasteiger partial charge is 0.331 e. The van der Waals surface area contributed by atoms with Crippen LogP contribution in [0.2, 0.25) is 15.1 Å². The molecule has 0 radical (unpaired) electrons. The minimum absolute atomic E-state index is 0.221. The first-order chi connectivity index (χ1) is 12.4. The van der Waals surface area contributed by atoms with Gasteiger partial charge in [0.15, 0.2) is 6.61 Å². The molecular formula is C18H14Cl3NO4. The van der Waals surface area contributed by atoms with E-state index in [-0.39, 0.29) is 20.8 Å². The van der Waals surface area contributed by atoms with Gasteiger partial charge < -0.3 is 14.8 Å². The van der Waals surface area contributed by atoms with E-state index in [1.54, 1.807) is 37.5 Å². The van der Waals surface area contributed by atoms with Gasteiger partial charge in [-0.25, -0.2) is 4.79 Å². The highest BCUT2D eigenvalue weighted by Crippen LogP contribution is 2.32. The molecule has 5 nitrogen and oxygen atoms in total. The van der Waals surface area contributed by atoms with Crippen molar-refractivity contribution in [2.24, 2.45) is 0 Å². The van der Waals surface area contributed by atoms with Crippen LogP contribution in [0.15, 0.2) is 42.5 Å². The second-order valence-electron chi connectivity index (χ2n) is 5.01.